The van der Waals surface area contributed by atoms with Gasteiger partial charge in [-0.05, 0) is 0 Å². The SMILES string of the molecule is CC1(C)OC(C(O)(c2c(F)c(F)c(F)c(F)c2F)c2c(F)c(F)c(F)c(F)c2F)=C(C(O)(c2c(F)c(F)c(F)c(F)c2F)c2c(F)c(F)c(F)c(F)c2F)O1. The van der Waals surface area contributed by atoms with Crippen LogP contribution in [0, 0.1) is 116 Å². The molecule has 0 radical (unpaired) electrons. The highest BCUT2D eigenvalue weighted by Crippen LogP contribution is 2.56. The Kier molecular flexibility index (Phi) is 9.61. The third kappa shape index (κ3) is 5.38. The predicted octanol–water partition coefficient (Wildman–Crippen LogP) is 8.64. The van der Waals surface area contributed by atoms with Crippen molar-refractivity contribution in [2.24, 2.45) is 0 Å². The van der Waals surface area contributed by atoms with E-state index in [1.54, 1.807) is 0 Å². The standard InChI is InChI=1S/C31H8F20O4/c1-29(2)54-27(30(52,3-7(32)15(40)23(48)16(41)8(3)33)4-9(34)17(42)24(49)18(43)10(4)35)28(55-29)31(53,5-11(36)19(44)25(50)20(45)12(5)37)6-13(38)21(46)26(51)22(47)14(6)39/h52-53H,1-2H3. The van der Waals surface area contributed by atoms with Gasteiger partial charge in [-0.15, -0.1) is 0 Å². The molecule has 2 N–H and O–H groups in total. The summed E-state index contributed by atoms with van der Waals surface area (Å²) in [6.07, 6.45) is 0. The maximum atomic E-state index is 15.5. The summed E-state index contributed by atoms with van der Waals surface area (Å²) >= 11 is 0. The van der Waals surface area contributed by atoms with Crippen LogP contribution in [0.25, 0.3) is 0 Å². The molecule has 1 aliphatic heterocycles. The fourth-order valence-electron chi connectivity index (χ4n) is 5.48. The molecule has 0 saturated carbocycles. The van der Waals surface area contributed by atoms with Crippen molar-refractivity contribution in [1.29, 1.82) is 0 Å². The molecule has 0 unspecified atom stereocenters. The maximum Gasteiger partial charge on any atom is 0.245 e. The molecule has 0 aliphatic carbocycles. The summed E-state index contributed by atoms with van der Waals surface area (Å²) < 4.78 is 307. The molecule has 4 aromatic carbocycles. The van der Waals surface area contributed by atoms with Gasteiger partial charge in [-0.1, -0.05) is 0 Å². The van der Waals surface area contributed by atoms with Crippen LogP contribution in [0.15, 0.2) is 11.5 Å². The van der Waals surface area contributed by atoms with E-state index in [1.807, 2.05) is 0 Å². The van der Waals surface area contributed by atoms with Gasteiger partial charge in [0.05, 0.1) is 22.3 Å². The van der Waals surface area contributed by atoms with Crippen LogP contribution >= 0.6 is 0 Å². The number of rotatable bonds is 6. The molecule has 24 heteroatoms. The second kappa shape index (κ2) is 12.9. The monoisotopic (exact) mass is 824 g/mol. The molecule has 4 nitrogen and oxygen atoms in total. The number of ether oxygens (including phenoxy) is 2. The van der Waals surface area contributed by atoms with Crippen LogP contribution in [0.2, 0.25) is 0 Å². The molecular weight excluding hydrogens is 816 g/mol. The van der Waals surface area contributed by atoms with Crippen LogP contribution in [-0.2, 0) is 20.7 Å². The van der Waals surface area contributed by atoms with Crippen molar-refractivity contribution in [3.63, 3.8) is 0 Å². The molecule has 0 atom stereocenters. The summed E-state index contributed by atoms with van der Waals surface area (Å²) in [7, 11) is 0. The van der Waals surface area contributed by atoms with E-state index in [9.17, 15) is 62.9 Å². The minimum Gasteiger partial charge on any atom is -0.450 e. The van der Waals surface area contributed by atoms with Gasteiger partial charge < -0.3 is 19.7 Å². The smallest absolute Gasteiger partial charge is 0.245 e. The zero-order chi connectivity index (χ0) is 41.9. The van der Waals surface area contributed by atoms with E-state index in [2.05, 4.69) is 0 Å². The maximum absolute atomic E-state index is 15.5. The lowest BCUT2D eigenvalue weighted by atomic mass is 9.76. The fourth-order valence-corrected chi connectivity index (χ4v) is 5.48. The van der Waals surface area contributed by atoms with Crippen molar-refractivity contribution in [3.05, 3.63) is 150 Å². The van der Waals surface area contributed by atoms with Crippen LogP contribution in [0.1, 0.15) is 36.1 Å². The molecule has 0 amide bonds. The molecule has 4 aromatic rings. The average Bonchev–Trinajstić information content (AvgIpc) is 3.47. The van der Waals surface area contributed by atoms with E-state index in [0.29, 0.717) is 13.8 Å². The first kappa shape index (κ1) is 40.9. The van der Waals surface area contributed by atoms with Gasteiger partial charge in [0.15, 0.2) is 116 Å². The van der Waals surface area contributed by atoms with Crippen LogP contribution in [0.5, 0.6) is 0 Å². The topological polar surface area (TPSA) is 58.9 Å². The highest BCUT2D eigenvalue weighted by Gasteiger charge is 2.62. The van der Waals surface area contributed by atoms with E-state index >= 15 is 35.1 Å². The molecule has 1 aliphatic rings. The van der Waals surface area contributed by atoms with Gasteiger partial charge in [0, 0.05) is 13.8 Å². The lowest BCUT2D eigenvalue weighted by Gasteiger charge is -2.35. The molecule has 296 valence electrons. The lowest BCUT2D eigenvalue weighted by Crippen LogP contribution is -2.42. The molecule has 55 heavy (non-hydrogen) atoms. The number of hydrogen-bond donors (Lipinski definition) is 2. The van der Waals surface area contributed by atoms with Gasteiger partial charge in [-0.2, -0.15) is 0 Å². The first-order chi connectivity index (χ1) is 25.1. The molecule has 0 saturated heterocycles. The molecule has 5 rings (SSSR count). The quantitative estimate of drug-likeness (QED) is 0.116. The Balaban J connectivity index is 2.22. The van der Waals surface area contributed by atoms with Gasteiger partial charge in [0.25, 0.3) is 0 Å². The number of aliphatic hydroxyl groups is 2. The fraction of sp³-hybridized carbons (Fsp3) is 0.161. The first-order valence-electron chi connectivity index (χ1n) is 13.8. The summed E-state index contributed by atoms with van der Waals surface area (Å²) in [6, 6.07) is 0. The van der Waals surface area contributed by atoms with Crippen molar-refractivity contribution < 1.29 is 107 Å². The summed E-state index contributed by atoms with van der Waals surface area (Å²) in [5.41, 5.74) is -24.5. The highest BCUT2D eigenvalue weighted by atomic mass is 19.2. The van der Waals surface area contributed by atoms with Gasteiger partial charge in [-0.3, -0.25) is 0 Å². The third-order valence-electron chi connectivity index (χ3n) is 7.85. The van der Waals surface area contributed by atoms with E-state index in [0.717, 1.165) is 0 Å². The van der Waals surface area contributed by atoms with Crippen LogP contribution in [0.3, 0.4) is 0 Å². The molecule has 0 bridgehead atoms. The third-order valence-corrected chi connectivity index (χ3v) is 7.85. The lowest BCUT2D eigenvalue weighted by molar-refractivity contribution is -0.148. The average molecular weight is 824 g/mol. The Bertz CT molecular complexity index is 1990. The van der Waals surface area contributed by atoms with Gasteiger partial charge in [0.2, 0.25) is 29.1 Å². The van der Waals surface area contributed by atoms with Crippen LogP contribution in [-0.4, -0.2) is 16.0 Å². The van der Waals surface area contributed by atoms with Crippen molar-refractivity contribution in [2.75, 3.05) is 0 Å². The molecule has 0 spiro atoms. The molecule has 1 heterocycles. The predicted molar refractivity (Wildman–Crippen MR) is 134 cm³/mol. The first-order valence-corrected chi connectivity index (χ1v) is 13.8. The largest absolute Gasteiger partial charge is 0.450 e. The number of halogens is 20. The van der Waals surface area contributed by atoms with Gasteiger partial charge >= 0.3 is 0 Å². The molecular formula is C31H8F20O4. The van der Waals surface area contributed by atoms with Crippen LogP contribution < -0.4 is 0 Å². The van der Waals surface area contributed by atoms with Crippen molar-refractivity contribution >= 4 is 0 Å². The van der Waals surface area contributed by atoms with Crippen molar-refractivity contribution in [1.82, 2.24) is 0 Å². The summed E-state index contributed by atoms with van der Waals surface area (Å²) in [5, 5.41) is 23.7. The number of benzene rings is 4. The minimum absolute atomic E-state index is 0.301. The van der Waals surface area contributed by atoms with Crippen molar-refractivity contribution in [3.8, 4) is 0 Å². The van der Waals surface area contributed by atoms with Gasteiger partial charge in [0.1, 0.15) is 0 Å². The summed E-state index contributed by atoms with van der Waals surface area (Å²) in [6.45, 7) is 0.601. The van der Waals surface area contributed by atoms with E-state index in [-0.39, 0.29) is 0 Å². The van der Waals surface area contributed by atoms with Gasteiger partial charge in [-0.25, -0.2) is 87.8 Å². The van der Waals surface area contributed by atoms with E-state index < -0.39 is 167 Å². The Labute approximate surface area is 289 Å². The second-order valence-electron chi connectivity index (χ2n) is 11.5. The van der Waals surface area contributed by atoms with Crippen LogP contribution in [0.4, 0.5) is 87.8 Å². The normalized spacial score (nSPS) is 14.5. The summed E-state index contributed by atoms with van der Waals surface area (Å²) in [4.78, 5) is 0. The Morgan fingerprint density at radius 3 is 0.564 bits per heavy atom. The number of hydrogen-bond acceptors (Lipinski definition) is 4. The molecule has 0 aromatic heterocycles. The zero-order valence-corrected chi connectivity index (χ0v) is 25.8. The minimum atomic E-state index is -5.67. The Morgan fingerprint density at radius 1 is 0.291 bits per heavy atom. The second-order valence-corrected chi connectivity index (χ2v) is 11.5. The Morgan fingerprint density at radius 2 is 0.418 bits per heavy atom. The van der Waals surface area contributed by atoms with E-state index in [4.69, 9.17) is 9.47 Å². The Hall–Kier alpha value is -5.26. The summed E-state index contributed by atoms with van der Waals surface area (Å²) in [5.74, 6) is -76.7. The zero-order valence-electron chi connectivity index (χ0n) is 25.8. The van der Waals surface area contributed by atoms with Crippen molar-refractivity contribution in [2.45, 2.75) is 30.8 Å². The van der Waals surface area contributed by atoms with E-state index in [1.165, 1.54) is 0 Å². The molecule has 0 fully saturated rings. The highest BCUT2D eigenvalue weighted by molar-refractivity contribution is 5.54.